The van der Waals surface area contributed by atoms with Crippen molar-refractivity contribution in [2.75, 3.05) is 5.32 Å². The molecule has 0 saturated carbocycles. The Balaban J connectivity index is 1.89. The fraction of sp³-hybridized carbons (Fsp3) is 0. The van der Waals surface area contributed by atoms with E-state index in [0.29, 0.717) is 14.6 Å². The van der Waals surface area contributed by atoms with Crippen LogP contribution in [0.5, 0.6) is 0 Å². The average Bonchev–Trinajstić information content (AvgIpc) is 2.79. The largest absolute Gasteiger partial charge is 0.298 e. The highest BCUT2D eigenvalue weighted by atomic mass is 79.9. The molecule has 0 aliphatic heterocycles. The summed E-state index contributed by atoms with van der Waals surface area (Å²) in [5.74, 6) is -1.13. The molecule has 0 aliphatic carbocycles. The lowest BCUT2D eigenvalue weighted by Gasteiger charge is -2.03. The summed E-state index contributed by atoms with van der Waals surface area (Å²) in [5, 5.41) is 3.60. The Bertz CT molecular complexity index is 852. The number of anilines is 1. The van der Waals surface area contributed by atoms with Gasteiger partial charge in [0, 0.05) is 9.50 Å². The highest BCUT2D eigenvalue weighted by Crippen LogP contribution is 2.28. The van der Waals surface area contributed by atoms with Crippen LogP contribution in [-0.2, 0) is 0 Å². The quantitative estimate of drug-likeness (QED) is 0.666. The fourth-order valence-electron chi connectivity index (χ4n) is 1.79. The summed E-state index contributed by atoms with van der Waals surface area (Å²) in [6.45, 7) is 0. The lowest BCUT2D eigenvalue weighted by atomic mass is 10.2. The van der Waals surface area contributed by atoms with Gasteiger partial charge < -0.3 is 0 Å². The summed E-state index contributed by atoms with van der Waals surface area (Å²) in [5.41, 5.74) is 0.700. The molecule has 1 heterocycles. The van der Waals surface area contributed by atoms with Crippen molar-refractivity contribution in [2.24, 2.45) is 0 Å². The Kier molecular flexibility index (Phi) is 3.93. The minimum absolute atomic E-state index is 0.0320. The van der Waals surface area contributed by atoms with Crippen LogP contribution in [0.25, 0.3) is 10.2 Å². The number of amides is 1. The molecular weight excluding hydrogens is 379 g/mol. The van der Waals surface area contributed by atoms with Crippen molar-refractivity contribution in [3.05, 3.63) is 57.3 Å². The molecule has 0 unspecified atom stereocenters. The molecule has 7 heteroatoms. The molecule has 0 atom stereocenters. The normalized spacial score (nSPS) is 10.8. The molecule has 0 bridgehead atoms. The molecule has 0 saturated heterocycles. The highest BCUT2D eigenvalue weighted by Gasteiger charge is 2.14. The minimum atomic E-state index is -0.592. The molecular formula is C14H7BrClFN2OS. The first-order valence-electron chi connectivity index (χ1n) is 5.85. The first-order chi connectivity index (χ1) is 10.0. The van der Waals surface area contributed by atoms with E-state index in [-0.39, 0.29) is 5.56 Å². The zero-order valence-electron chi connectivity index (χ0n) is 10.4. The van der Waals surface area contributed by atoms with Crippen molar-refractivity contribution in [3.8, 4) is 0 Å². The Labute approximate surface area is 136 Å². The maximum atomic E-state index is 13.7. The van der Waals surface area contributed by atoms with Gasteiger partial charge in [-0.25, -0.2) is 9.37 Å². The summed E-state index contributed by atoms with van der Waals surface area (Å²) in [4.78, 5) is 16.3. The molecule has 1 N–H and O–H groups in total. The van der Waals surface area contributed by atoms with E-state index in [4.69, 9.17) is 11.6 Å². The summed E-state index contributed by atoms with van der Waals surface area (Å²) < 4.78 is 15.2. The van der Waals surface area contributed by atoms with Gasteiger partial charge in [0.25, 0.3) is 5.91 Å². The maximum Gasteiger partial charge on any atom is 0.260 e. The van der Waals surface area contributed by atoms with Crippen molar-refractivity contribution < 1.29 is 9.18 Å². The molecule has 3 nitrogen and oxygen atoms in total. The lowest BCUT2D eigenvalue weighted by molar-refractivity contribution is 0.102. The molecule has 3 rings (SSSR count). The SMILES string of the molecule is O=C(Nc1nc2ccc(Cl)cc2s1)c1ccc(Br)cc1F. The van der Waals surface area contributed by atoms with Crippen molar-refractivity contribution in [2.45, 2.75) is 0 Å². The van der Waals surface area contributed by atoms with E-state index in [0.717, 1.165) is 10.2 Å². The first-order valence-corrected chi connectivity index (χ1v) is 7.84. The predicted octanol–water partition coefficient (Wildman–Crippen LogP) is 5.10. The van der Waals surface area contributed by atoms with Gasteiger partial charge in [-0.3, -0.25) is 10.1 Å². The molecule has 0 spiro atoms. The van der Waals surface area contributed by atoms with E-state index in [1.807, 2.05) is 0 Å². The van der Waals surface area contributed by atoms with Crippen molar-refractivity contribution >= 4 is 60.1 Å². The van der Waals surface area contributed by atoms with Crippen LogP contribution in [0.4, 0.5) is 9.52 Å². The number of rotatable bonds is 2. The van der Waals surface area contributed by atoms with Gasteiger partial charge in [0.05, 0.1) is 15.8 Å². The van der Waals surface area contributed by atoms with Gasteiger partial charge in [-0.2, -0.15) is 0 Å². The number of fused-ring (bicyclic) bond motifs is 1. The number of hydrogen-bond donors (Lipinski definition) is 1. The van der Waals surface area contributed by atoms with Crippen LogP contribution in [0.2, 0.25) is 5.02 Å². The second kappa shape index (κ2) is 5.71. The Morgan fingerprint density at radius 1 is 1.29 bits per heavy atom. The highest BCUT2D eigenvalue weighted by molar-refractivity contribution is 9.10. The number of benzene rings is 2. The molecule has 21 heavy (non-hydrogen) atoms. The predicted molar refractivity (Wildman–Crippen MR) is 86.7 cm³/mol. The van der Waals surface area contributed by atoms with Crippen molar-refractivity contribution in [1.29, 1.82) is 0 Å². The first kappa shape index (κ1) is 14.4. The van der Waals surface area contributed by atoms with Crippen LogP contribution in [0.3, 0.4) is 0 Å². The number of nitrogens with one attached hydrogen (secondary N) is 1. The molecule has 1 amide bonds. The average molecular weight is 386 g/mol. The van der Waals surface area contributed by atoms with Crippen LogP contribution in [0, 0.1) is 5.82 Å². The number of hydrogen-bond acceptors (Lipinski definition) is 3. The summed E-state index contributed by atoms with van der Waals surface area (Å²) in [7, 11) is 0. The van der Waals surface area contributed by atoms with Crippen molar-refractivity contribution in [1.82, 2.24) is 4.98 Å². The smallest absolute Gasteiger partial charge is 0.260 e. The number of thiazole rings is 1. The van der Waals surface area contributed by atoms with E-state index in [1.54, 1.807) is 24.3 Å². The second-order valence-corrected chi connectivity index (χ2v) is 6.59. The van der Waals surface area contributed by atoms with Crippen LogP contribution < -0.4 is 5.32 Å². The van der Waals surface area contributed by atoms with E-state index < -0.39 is 11.7 Å². The van der Waals surface area contributed by atoms with Gasteiger partial charge in [-0.1, -0.05) is 38.9 Å². The van der Waals surface area contributed by atoms with Gasteiger partial charge in [-0.15, -0.1) is 0 Å². The molecule has 0 radical (unpaired) electrons. The van der Waals surface area contributed by atoms with E-state index in [2.05, 4.69) is 26.2 Å². The number of nitrogens with zero attached hydrogens (tertiary/aromatic N) is 1. The molecule has 2 aromatic carbocycles. The Hall–Kier alpha value is -1.50. The van der Waals surface area contributed by atoms with Gasteiger partial charge >= 0.3 is 0 Å². The molecule has 0 aliphatic rings. The monoisotopic (exact) mass is 384 g/mol. The number of carbonyl (C=O) groups excluding carboxylic acids is 1. The zero-order chi connectivity index (χ0) is 15.0. The summed E-state index contributed by atoms with van der Waals surface area (Å²) in [6, 6.07) is 9.53. The molecule has 106 valence electrons. The van der Waals surface area contributed by atoms with Crippen molar-refractivity contribution in [3.63, 3.8) is 0 Å². The Morgan fingerprint density at radius 2 is 2.10 bits per heavy atom. The third-order valence-corrected chi connectivity index (χ3v) is 4.41. The lowest BCUT2D eigenvalue weighted by Crippen LogP contribution is -2.13. The summed E-state index contributed by atoms with van der Waals surface area (Å²) >= 11 is 10.3. The van der Waals surface area contributed by atoms with Crippen LogP contribution in [0.1, 0.15) is 10.4 Å². The maximum absolute atomic E-state index is 13.7. The summed E-state index contributed by atoms with van der Waals surface area (Å²) in [6.07, 6.45) is 0. The number of aromatic nitrogens is 1. The van der Waals surface area contributed by atoms with E-state index >= 15 is 0 Å². The third kappa shape index (κ3) is 3.07. The fourth-order valence-corrected chi connectivity index (χ4v) is 3.26. The zero-order valence-corrected chi connectivity index (χ0v) is 13.5. The third-order valence-electron chi connectivity index (χ3n) is 2.75. The van der Waals surface area contributed by atoms with Gasteiger partial charge in [0.2, 0.25) is 0 Å². The minimum Gasteiger partial charge on any atom is -0.298 e. The number of carbonyl (C=O) groups is 1. The van der Waals surface area contributed by atoms with E-state index in [1.165, 1.54) is 23.5 Å². The molecule has 0 fully saturated rings. The van der Waals surface area contributed by atoms with Gasteiger partial charge in [-0.05, 0) is 36.4 Å². The molecule has 1 aromatic heterocycles. The van der Waals surface area contributed by atoms with Crippen LogP contribution in [-0.4, -0.2) is 10.9 Å². The molecule has 3 aromatic rings. The second-order valence-electron chi connectivity index (χ2n) is 4.21. The van der Waals surface area contributed by atoms with E-state index in [9.17, 15) is 9.18 Å². The van der Waals surface area contributed by atoms with Gasteiger partial charge in [0.15, 0.2) is 5.13 Å². The topological polar surface area (TPSA) is 42.0 Å². The Morgan fingerprint density at radius 3 is 2.86 bits per heavy atom. The van der Waals surface area contributed by atoms with Crippen LogP contribution in [0.15, 0.2) is 40.9 Å². The van der Waals surface area contributed by atoms with Gasteiger partial charge in [0.1, 0.15) is 5.82 Å². The number of halogens is 3. The van der Waals surface area contributed by atoms with Crippen LogP contribution >= 0.6 is 38.9 Å². The standard InChI is InChI=1S/C14H7BrClFN2OS/c15-7-1-3-9(10(17)5-7)13(20)19-14-18-11-4-2-8(16)6-12(11)21-14/h1-6H,(H,18,19,20).